The molecule has 0 radical (unpaired) electrons. The van der Waals surface area contributed by atoms with Crippen LogP contribution in [0.3, 0.4) is 0 Å². The molecule has 1 saturated carbocycles. The van der Waals surface area contributed by atoms with E-state index >= 15 is 0 Å². The fourth-order valence-electron chi connectivity index (χ4n) is 2.96. The minimum absolute atomic E-state index is 0.119. The molecule has 2 aromatic heterocycles. The van der Waals surface area contributed by atoms with Crippen LogP contribution in [0.25, 0.3) is 0 Å². The third-order valence-electron chi connectivity index (χ3n) is 4.22. The SMILES string of the molecule is O=C(NCc1ccccn1)C1CCC(Cn2cnnn2)CC1. The summed E-state index contributed by atoms with van der Waals surface area (Å²) >= 11 is 0. The Morgan fingerprint density at radius 3 is 2.82 bits per heavy atom. The van der Waals surface area contributed by atoms with Crippen LogP contribution in [0.4, 0.5) is 0 Å². The number of aromatic nitrogens is 5. The Kier molecular flexibility index (Phi) is 4.72. The lowest BCUT2D eigenvalue weighted by atomic mass is 9.81. The van der Waals surface area contributed by atoms with Crippen LogP contribution < -0.4 is 5.32 Å². The van der Waals surface area contributed by atoms with E-state index in [1.807, 2.05) is 18.2 Å². The van der Waals surface area contributed by atoms with Crippen LogP contribution in [-0.2, 0) is 17.9 Å². The lowest BCUT2D eigenvalue weighted by Crippen LogP contribution is -2.33. The number of pyridine rings is 1. The quantitative estimate of drug-likeness (QED) is 0.896. The van der Waals surface area contributed by atoms with Crippen LogP contribution >= 0.6 is 0 Å². The molecule has 2 heterocycles. The third kappa shape index (κ3) is 3.87. The predicted molar refractivity (Wildman–Crippen MR) is 79.3 cm³/mol. The van der Waals surface area contributed by atoms with E-state index in [2.05, 4.69) is 25.8 Å². The highest BCUT2D eigenvalue weighted by molar-refractivity contribution is 5.78. The number of hydrogen-bond donors (Lipinski definition) is 1. The zero-order chi connectivity index (χ0) is 15.2. The highest BCUT2D eigenvalue weighted by atomic mass is 16.1. The average molecular weight is 300 g/mol. The molecule has 22 heavy (non-hydrogen) atoms. The summed E-state index contributed by atoms with van der Waals surface area (Å²) in [5, 5.41) is 14.2. The van der Waals surface area contributed by atoms with Crippen LogP contribution in [0.1, 0.15) is 31.4 Å². The minimum atomic E-state index is 0.119. The topological polar surface area (TPSA) is 85.6 Å². The molecule has 0 aromatic carbocycles. The highest BCUT2D eigenvalue weighted by Crippen LogP contribution is 2.29. The molecule has 0 bridgehead atoms. The molecule has 1 aliphatic rings. The summed E-state index contributed by atoms with van der Waals surface area (Å²) in [7, 11) is 0. The van der Waals surface area contributed by atoms with Crippen molar-refractivity contribution in [1.29, 1.82) is 0 Å². The molecule has 1 N–H and O–H groups in total. The highest BCUT2D eigenvalue weighted by Gasteiger charge is 2.26. The smallest absolute Gasteiger partial charge is 0.223 e. The van der Waals surface area contributed by atoms with Gasteiger partial charge in [0.2, 0.25) is 5.91 Å². The van der Waals surface area contributed by atoms with Crippen LogP contribution in [0, 0.1) is 11.8 Å². The Morgan fingerprint density at radius 2 is 2.14 bits per heavy atom. The normalized spacial score (nSPS) is 21.5. The van der Waals surface area contributed by atoms with E-state index in [0.29, 0.717) is 12.5 Å². The van der Waals surface area contributed by atoms with Gasteiger partial charge in [-0.15, -0.1) is 5.10 Å². The summed E-state index contributed by atoms with van der Waals surface area (Å²) in [6.45, 7) is 1.35. The van der Waals surface area contributed by atoms with Crippen molar-refractivity contribution in [2.75, 3.05) is 0 Å². The second kappa shape index (κ2) is 7.11. The molecule has 0 unspecified atom stereocenters. The molecule has 0 spiro atoms. The van der Waals surface area contributed by atoms with E-state index in [1.54, 1.807) is 17.2 Å². The molecule has 2 aromatic rings. The fourth-order valence-corrected chi connectivity index (χ4v) is 2.96. The van der Waals surface area contributed by atoms with Crippen molar-refractivity contribution in [3.8, 4) is 0 Å². The van der Waals surface area contributed by atoms with E-state index in [9.17, 15) is 4.79 Å². The van der Waals surface area contributed by atoms with E-state index < -0.39 is 0 Å². The van der Waals surface area contributed by atoms with Crippen molar-refractivity contribution >= 4 is 5.91 Å². The number of carbonyl (C=O) groups excluding carboxylic acids is 1. The molecule has 116 valence electrons. The van der Waals surface area contributed by atoms with Gasteiger partial charge in [-0.2, -0.15) is 0 Å². The first kappa shape index (κ1) is 14.6. The van der Waals surface area contributed by atoms with E-state index in [4.69, 9.17) is 0 Å². The average Bonchev–Trinajstić information content (AvgIpc) is 3.07. The number of nitrogens with zero attached hydrogens (tertiary/aromatic N) is 5. The summed E-state index contributed by atoms with van der Waals surface area (Å²) in [6, 6.07) is 5.72. The molecule has 1 amide bonds. The summed E-state index contributed by atoms with van der Waals surface area (Å²) in [5.74, 6) is 0.823. The Hall–Kier alpha value is -2.31. The van der Waals surface area contributed by atoms with Crippen molar-refractivity contribution in [3.63, 3.8) is 0 Å². The van der Waals surface area contributed by atoms with Crippen molar-refractivity contribution in [3.05, 3.63) is 36.4 Å². The maximum Gasteiger partial charge on any atom is 0.223 e. The third-order valence-corrected chi connectivity index (χ3v) is 4.22. The van der Waals surface area contributed by atoms with Gasteiger partial charge in [-0.25, -0.2) is 4.68 Å². The van der Waals surface area contributed by atoms with Crippen LogP contribution in [0.2, 0.25) is 0 Å². The van der Waals surface area contributed by atoms with Crippen molar-refractivity contribution in [2.45, 2.75) is 38.8 Å². The van der Waals surface area contributed by atoms with Crippen molar-refractivity contribution < 1.29 is 4.79 Å². The van der Waals surface area contributed by atoms with Gasteiger partial charge in [0, 0.05) is 18.7 Å². The lowest BCUT2D eigenvalue weighted by Gasteiger charge is -2.27. The minimum Gasteiger partial charge on any atom is -0.350 e. The molecule has 0 aliphatic heterocycles. The van der Waals surface area contributed by atoms with Gasteiger partial charge in [0.15, 0.2) is 0 Å². The molecule has 1 aliphatic carbocycles. The van der Waals surface area contributed by atoms with Gasteiger partial charge in [0.05, 0.1) is 12.2 Å². The second-order valence-electron chi connectivity index (χ2n) is 5.79. The number of rotatable bonds is 5. The first-order valence-corrected chi connectivity index (χ1v) is 7.69. The molecule has 1 fully saturated rings. The van der Waals surface area contributed by atoms with Gasteiger partial charge < -0.3 is 5.32 Å². The summed E-state index contributed by atoms with van der Waals surface area (Å²) in [6.07, 6.45) is 7.34. The maximum absolute atomic E-state index is 12.2. The summed E-state index contributed by atoms with van der Waals surface area (Å²) in [5.41, 5.74) is 0.892. The Balaban J connectivity index is 1.42. The van der Waals surface area contributed by atoms with E-state index in [0.717, 1.165) is 37.9 Å². The van der Waals surface area contributed by atoms with Gasteiger partial charge in [-0.3, -0.25) is 9.78 Å². The Labute approximate surface area is 129 Å². The molecular formula is C15H20N6O. The zero-order valence-electron chi connectivity index (χ0n) is 12.4. The molecular weight excluding hydrogens is 280 g/mol. The van der Waals surface area contributed by atoms with Crippen LogP contribution in [0.15, 0.2) is 30.7 Å². The standard InChI is InChI=1S/C15H20N6O/c22-15(17-9-14-3-1-2-8-16-14)13-6-4-12(5-7-13)10-21-11-18-19-20-21/h1-3,8,11-13H,4-7,9-10H2,(H,17,22). The molecule has 3 rings (SSSR count). The monoisotopic (exact) mass is 300 g/mol. The van der Waals surface area contributed by atoms with Crippen LogP contribution in [-0.4, -0.2) is 31.1 Å². The van der Waals surface area contributed by atoms with Gasteiger partial charge >= 0.3 is 0 Å². The van der Waals surface area contributed by atoms with Crippen molar-refractivity contribution in [2.24, 2.45) is 11.8 Å². The maximum atomic E-state index is 12.2. The molecule has 0 atom stereocenters. The van der Waals surface area contributed by atoms with Gasteiger partial charge in [0.25, 0.3) is 0 Å². The fraction of sp³-hybridized carbons (Fsp3) is 0.533. The molecule has 0 saturated heterocycles. The lowest BCUT2D eigenvalue weighted by molar-refractivity contribution is -0.126. The first-order valence-electron chi connectivity index (χ1n) is 7.69. The van der Waals surface area contributed by atoms with Crippen LogP contribution in [0.5, 0.6) is 0 Å². The largest absolute Gasteiger partial charge is 0.350 e. The van der Waals surface area contributed by atoms with Crippen molar-refractivity contribution in [1.82, 2.24) is 30.5 Å². The number of hydrogen-bond acceptors (Lipinski definition) is 5. The predicted octanol–water partition coefficient (Wildman–Crippen LogP) is 1.19. The molecule has 7 heteroatoms. The van der Waals surface area contributed by atoms with Gasteiger partial charge in [0.1, 0.15) is 6.33 Å². The second-order valence-corrected chi connectivity index (χ2v) is 5.79. The van der Waals surface area contributed by atoms with Gasteiger partial charge in [-0.05, 0) is 54.2 Å². The Bertz CT molecular complexity index is 577. The first-order chi connectivity index (χ1) is 10.8. The van der Waals surface area contributed by atoms with Gasteiger partial charge in [-0.1, -0.05) is 6.07 Å². The number of amides is 1. The number of tetrazole rings is 1. The summed E-state index contributed by atoms with van der Waals surface area (Å²) in [4.78, 5) is 16.4. The number of carbonyl (C=O) groups is 1. The zero-order valence-corrected chi connectivity index (χ0v) is 12.4. The molecule has 7 nitrogen and oxygen atoms in total. The Morgan fingerprint density at radius 1 is 1.27 bits per heavy atom. The number of nitrogens with one attached hydrogen (secondary N) is 1. The summed E-state index contributed by atoms with van der Waals surface area (Å²) < 4.78 is 1.77. The van der Waals surface area contributed by atoms with E-state index in [-0.39, 0.29) is 11.8 Å². The van der Waals surface area contributed by atoms with E-state index in [1.165, 1.54) is 0 Å².